The largest absolute Gasteiger partial charge is 0.313 e. The molecule has 1 saturated carbocycles. The second-order valence-electron chi connectivity index (χ2n) is 6.80. The molecule has 0 aromatic carbocycles. The molecule has 0 aromatic rings. The highest BCUT2D eigenvalue weighted by molar-refractivity contribution is 7.99. The number of rotatable bonds is 6. The Kier molecular flexibility index (Phi) is 7.08. The van der Waals surface area contributed by atoms with E-state index in [0.29, 0.717) is 5.41 Å². The fourth-order valence-electron chi connectivity index (χ4n) is 2.97. The summed E-state index contributed by atoms with van der Waals surface area (Å²) in [6.45, 7) is 12.9. The molecule has 0 amide bonds. The molecular formula is C16H33NS. The van der Waals surface area contributed by atoms with E-state index in [-0.39, 0.29) is 0 Å². The van der Waals surface area contributed by atoms with Crippen LogP contribution in [0.5, 0.6) is 0 Å². The minimum atomic E-state index is 0.487. The molecule has 0 aromatic heterocycles. The van der Waals surface area contributed by atoms with Gasteiger partial charge in [-0.1, -0.05) is 41.0 Å². The molecule has 0 heterocycles. The molecule has 3 unspecified atom stereocenters. The fourth-order valence-corrected chi connectivity index (χ4v) is 4.57. The van der Waals surface area contributed by atoms with Gasteiger partial charge in [-0.15, -0.1) is 0 Å². The Bertz CT molecular complexity index is 222. The van der Waals surface area contributed by atoms with Crippen molar-refractivity contribution < 1.29 is 0 Å². The first-order valence-electron chi connectivity index (χ1n) is 7.84. The highest BCUT2D eigenvalue weighted by atomic mass is 32.2. The Labute approximate surface area is 119 Å². The number of unbranched alkanes of at least 4 members (excludes halogenated alkanes) is 1. The number of thioether (sulfide) groups is 1. The summed E-state index contributed by atoms with van der Waals surface area (Å²) >= 11 is 2.23. The van der Waals surface area contributed by atoms with Crippen LogP contribution in [0.2, 0.25) is 0 Å². The molecule has 1 aliphatic rings. The lowest BCUT2D eigenvalue weighted by Crippen LogP contribution is -2.44. The third kappa shape index (κ3) is 5.13. The van der Waals surface area contributed by atoms with E-state index in [1.165, 1.54) is 37.9 Å². The van der Waals surface area contributed by atoms with Gasteiger partial charge in [-0.2, -0.15) is 11.8 Å². The first-order chi connectivity index (χ1) is 8.49. The van der Waals surface area contributed by atoms with Crippen molar-refractivity contribution >= 4 is 11.8 Å². The summed E-state index contributed by atoms with van der Waals surface area (Å²) in [6, 6.07) is 0.760. The SMILES string of the molecule is CCCCSC1CC(C(C)(C)C)CCC1NCC. The predicted octanol–water partition coefficient (Wildman–Crippen LogP) is 4.71. The van der Waals surface area contributed by atoms with Gasteiger partial charge in [0.15, 0.2) is 0 Å². The molecule has 1 aliphatic carbocycles. The Balaban J connectivity index is 2.52. The molecule has 1 fully saturated rings. The summed E-state index contributed by atoms with van der Waals surface area (Å²) in [5.74, 6) is 2.26. The van der Waals surface area contributed by atoms with Crippen LogP contribution in [0.15, 0.2) is 0 Å². The minimum Gasteiger partial charge on any atom is -0.313 e. The molecule has 0 radical (unpaired) electrons. The molecular weight excluding hydrogens is 238 g/mol. The number of nitrogens with one attached hydrogen (secondary N) is 1. The van der Waals surface area contributed by atoms with Crippen LogP contribution in [0.4, 0.5) is 0 Å². The highest BCUT2D eigenvalue weighted by Gasteiger charge is 2.35. The van der Waals surface area contributed by atoms with Crippen LogP contribution in [0.1, 0.15) is 66.7 Å². The van der Waals surface area contributed by atoms with Crippen molar-refractivity contribution in [3.8, 4) is 0 Å². The van der Waals surface area contributed by atoms with Crippen LogP contribution < -0.4 is 5.32 Å². The van der Waals surface area contributed by atoms with Crippen LogP contribution in [0, 0.1) is 11.3 Å². The van der Waals surface area contributed by atoms with Gasteiger partial charge >= 0.3 is 0 Å². The van der Waals surface area contributed by atoms with Crippen molar-refractivity contribution in [2.24, 2.45) is 11.3 Å². The zero-order valence-electron chi connectivity index (χ0n) is 13.1. The average Bonchev–Trinajstić information content (AvgIpc) is 2.30. The van der Waals surface area contributed by atoms with E-state index in [9.17, 15) is 0 Å². The molecule has 18 heavy (non-hydrogen) atoms. The standard InChI is InChI=1S/C16H33NS/c1-6-8-11-18-15-12-13(16(3,4)5)9-10-14(15)17-7-2/h13-15,17H,6-12H2,1-5H3. The molecule has 1 rings (SSSR count). The normalized spacial score (nSPS) is 29.5. The predicted molar refractivity (Wildman–Crippen MR) is 85.4 cm³/mol. The summed E-state index contributed by atoms with van der Waals surface area (Å²) in [6.07, 6.45) is 6.90. The first kappa shape index (κ1) is 16.4. The second-order valence-corrected chi connectivity index (χ2v) is 8.15. The zero-order valence-corrected chi connectivity index (χ0v) is 13.9. The molecule has 0 spiro atoms. The molecule has 1 nitrogen and oxygen atoms in total. The van der Waals surface area contributed by atoms with Gasteiger partial charge in [-0.3, -0.25) is 0 Å². The Hall–Kier alpha value is 0.310. The maximum Gasteiger partial charge on any atom is 0.0204 e. The van der Waals surface area contributed by atoms with Crippen LogP contribution in [-0.4, -0.2) is 23.6 Å². The molecule has 1 N–H and O–H groups in total. The van der Waals surface area contributed by atoms with E-state index in [2.05, 4.69) is 51.7 Å². The molecule has 3 atom stereocenters. The van der Waals surface area contributed by atoms with Gasteiger partial charge in [0.25, 0.3) is 0 Å². The topological polar surface area (TPSA) is 12.0 Å². The smallest absolute Gasteiger partial charge is 0.0204 e. The van der Waals surface area contributed by atoms with Crippen molar-refractivity contribution in [3.63, 3.8) is 0 Å². The third-order valence-electron chi connectivity index (χ3n) is 4.31. The summed E-state index contributed by atoms with van der Waals surface area (Å²) < 4.78 is 0. The molecule has 108 valence electrons. The van der Waals surface area contributed by atoms with Gasteiger partial charge in [0, 0.05) is 11.3 Å². The first-order valence-corrected chi connectivity index (χ1v) is 8.88. The highest BCUT2D eigenvalue weighted by Crippen LogP contribution is 2.41. The van der Waals surface area contributed by atoms with Crippen molar-refractivity contribution in [3.05, 3.63) is 0 Å². The Morgan fingerprint density at radius 3 is 2.44 bits per heavy atom. The van der Waals surface area contributed by atoms with Gasteiger partial charge in [0.05, 0.1) is 0 Å². The van der Waals surface area contributed by atoms with Gasteiger partial charge in [0.2, 0.25) is 0 Å². The summed E-state index contributed by atoms with van der Waals surface area (Å²) in [5.41, 5.74) is 0.487. The van der Waals surface area contributed by atoms with Crippen LogP contribution in [0.3, 0.4) is 0 Å². The van der Waals surface area contributed by atoms with E-state index in [0.717, 1.165) is 23.8 Å². The minimum absolute atomic E-state index is 0.487. The zero-order chi connectivity index (χ0) is 13.6. The van der Waals surface area contributed by atoms with Crippen LogP contribution >= 0.6 is 11.8 Å². The van der Waals surface area contributed by atoms with E-state index in [1.54, 1.807) is 0 Å². The van der Waals surface area contributed by atoms with E-state index in [1.807, 2.05) is 0 Å². The molecule has 0 aliphatic heterocycles. The van der Waals surface area contributed by atoms with Crippen LogP contribution in [-0.2, 0) is 0 Å². The maximum atomic E-state index is 3.71. The van der Waals surface area contributed by atoms with E-state index >= 15 is 0 Å². The van der Waals surface area contributed by atoms with Crippen molar-refractivity contribution in [2.45, 2.75) is 78.0 Å². The Morgan fingerprint density at radius 1 is 1.17 bits per heavy atom. The lowest BCUT2D eigenvalue weighted by molar-refractivity contribution is 0.165. The monoisotopic (exact) mass is 271 g/mol. The van der Waals surface area contributed by atoms with E-state index in [4.69, 9.17) is 0 Å². The number of hydrogen-bond acceptors (Lipinski definition) is 2. The Morgan fingerprint density at radius 2 is 1.89 bits per heavy atom. The maximum absolute atomic E-state index is 3.71. The fraction of sp³-hybridized carbons (Fsp3) is 1.00. The van der Waals surface area contributed by atoms with Crippen molar-refractivity contribution in [2.75, 3.05) is 12.3 Å². The second kappa shape index (κ2) is 7.79. The van der Waals surface area contributed by atoms with Gasteiger partial charge in [-0.05, 0) is 49.3 Å². The number of hydrogen-bond donors (Lipinski definition) is 1. The van der Waals surface area contributed by atoms with Crippen molar-refractivity contribution in [1.29, 1.82) is 0 Å². The lowest BCUT2D eigenvalue weighted by Gasteiger charge is -2.42. The molecule has 0 saturated heterocycles. The van der Waals surface area contributed by atoms with Crippen LogP contribution in [0.25, 0.3) is 0 Å². The average molecular weight is 272 g/mol. The van der Waals surface area contributed by atoms with Gasteiger partial charge in [-0.25, -0.2) is 0 Å². The molecule has 0 bridgehead atoms. The lowest BCUT2D eigenvalue weighted by atomic mass is 9.71. The quantitative estimate of drug-likeness (QED) is 0.702. The van der Waals surface area contributed by atoms with Crippen molar-refractivity contribution in [1.82, 2.24) is 5.32 Å². The summed E-state index contributed by atoms with van der Waals surface area (Å²) in [4.78, 5) is 0. The third-order valence-corrected chi connectivity index (χ3v) is 5.79. The summed E-state index contributed by atoms with van der Waals surface area (Å²) in [5, 5.41) is 4.55. The van der Waals surface area contributed by atoms with Gasteiger partial charge in [0.1, 0.15) is 0 Å². The summed E-state index contributed by atoms with van der Waals surface area (Å²) in [7, 11) is 0. The van der Waals surface area contributed by atoms with Gasteiger partial charge < -0.3 is 5.32 Å². The molecule has 2 heteroatoms. The van der Waals surface area contributed by atoms with E-state index < -0.39 is 0 Å².